The molecular formula is C19H19N5O2. The second kappa shape index (κ2) is 6.95. The van der Waals surface area contributed by atoms with Crippen molar-refractivity contribution in [2.75, 3.05) is 23.3 Å². The third-order valence-corrected chi connectivity index (χ3v) is 4.68. The molecule has 1 aliphatic rings. The molecule has 4 rings (SSSR count). The van der Waals surface area contributed by atoms with Gasteiger partial charge in [0.15, 0.2) is 0 Å². The molecule has 0 unspecified atom stereocenters. The van der Waals surface area contributed by atoms with Gasteiger partial charge in [-0.1, -0.05) is 0 Å². The van der Waals surface area contributed by atoms with E-state index in [0.717, 1.165) is 18.8 Å². The van der Waals surface area contributed by atoms with Crippen LogP contribution >= 0.6 is 0 Å². The number of non-ortho nitro benzene ring substituents is 1. The first-order valence-electron chi connectivity index (χ1n) is 8.72. The summed E-state index contributed by atoms with van der Waals surface area (Å²) in [5, 5.41) is 14.9. The zero-order chi connectivity index (χ0) is 17.9. The summed E-state index contributed by atoms with van der Waals surface area (Å²) in [7, 11) is 0. The van der Waals surface area contributed by atoms with Crippen LogP contribution in [0.3, 0.4) is 0 Å². The van der Waals surface area contributed by atoms with E-state index in [1.807, 2.05) is 12.1 Å². The second-order valence-corrected chi connectivity index (χ2v) is 6.40. The predicted molar refractivity (Wildman–Crippen MR) is 102 cm³/mol. The summed E-state index contributed by atoms with van der Waals surface area (Å²) in [5.74, 6) is 0.560. The van der Waals surface area contributed by atoms with Gasteiger partial charge in [-0.3, -0.25) is 10.1 Å². The molecule has 0 amide bonds. The quantitative estimate of drug-likeness (QED) is 0.559. The zero-order valence-corrected chi connectivity index (χ0v) is 14.3. The Morgan fingerprint density at radius 2 is 1.77 bits per heavy atom. The van der Waals surface area contributed by atoms with E-state index in [1.54, 1.807) is 6.07 Å². The molecule has 1 fully saturated rings. The molecule has 1 saturated heterocycles. The zero-order valence-electron chi connectivity index (χ0n) is 14.3. The Labute approximate surface area is 150 Å². The van der Waals surface area contributed by atoms with Crippen LogP contribution in [0.2, 0.25) is 0 Å². The van der Waals surface area contributed by atoms with Crippen LogP contribution in [0.25, 0.3) is 10.9 Å². The third-order valence-electron chi connectivity index (χ3n) is 4.68. The van der Waals surface area contributed by atoms with Gasteiger partial charge in [0.2, 0.25) is 0 Å². The lowest BCUT2D eigenvalue weighted by Gasteiger charge is -2.28. The van der Waals surface area contributed by atoms with Gasteiger partial charge in [0.25, 0.3) is 5.69 Å². The SMILES string of the molecule is O=[N+]([O-])c1ccc2ncnc(Nc3ccc(N4CCCCC4)cc3)c2c1. The Balaban J connectivity index is 1.60. The van der Waals surface area contributed by atoms with Crippen molar-refractivity contribution in [3.8, 4) is 0 Å². The van der Waals surface area contributed by atoms with E-state index in [0.29, 0.717) is 16.7 Å². The Morgan fingerprint density at radius 3 is 2.50 bits per heavy atom. The van der Waals surface area contributed by atoms with E-state index in [2.05, 4.69) is 32.3 Å². The van der Waals surface area contributed by atoms with Gasteiger partial charge in [0.05, 0.1) is 10.4 Å². The van der Waals surface area contributed by atoms with Crippen LogP contribution in [0.1, 0.15) is 19.3 Å². The summed E-state index contributed by atoms with van der Waals surface area (Å²) in [6, 6.07) is 12.8. The topological polar surface area (TPSA) is 84.2 Å². The molecule has 1 aliphatic heterocycles. The van der Waals surface area contributed by atoms with E-state index in [9.17, 15) is 10.1 Å². The molecule has 0 aliphatic carbocycles. The minimum absolute atomic E-state index is 0.0239. The van der Waals surface area contributed by atoms with Crippen LogP contribution < -0.4 is 10.2 Å². The third kappa shape index (κ3) is 3.28. The first kappa shape index (κ1) is 16.3. The highest BCUT2D eigenvalue weighted by molar-refractivity contribution is 5.92. The van der Waals surface area contributed by atoms with Crippen LogP contribution in [0, 0.1) is 10.1 Å². The summed E-state index contributed by atoms with van der Waals surface area (Å²) < 4.78 is 0. The number of aromatic nitrogens is 2. The molecule has 2 heterocycles. The van der Waals surface area contributed by atoms with Crippen LogP contribution in [0.5, 0.6) is 0 Å². The van der Waals surface area contributed by atoms with Crippen molar-refractivity contribution in [2.24, 2.45) is 0 Å². The number of hydrogen-bond acceptors (Lipinski definition) is 6. The molecule has 7 heteroatoms. The Hall–Kier alpha value is -3.22. The summed E-state index contributed by atoms with van der Waals surface area (Å²) in [4.78, 5) is 21.5. The van der Waals surface area contributed by atoms with Gasteiger partial charge in [-0.05, 0) is 49.6 Å². The number of nitro groups is 1. The van der Waals surface area contributed by atoms with Crippen molar-refractivity contribution >= 4 is 33.8 Å². The summed E-state index contributed by atoms with van der Waals surface area (Å²) in [6.45, 7) is 2.21. The number of fused-ring (bicyclic) bond motifs is 1. The maximum absolute atomic E-state index is 11.0. The van der Waals surface area contributed by atoms with E-state index in [4.69, 9.17) is 0 Å². The molecule has 132 valence electrons. The molecule has 0 bridgehead atoms. The number of nitrogens with zero attached hydrogens (tertiary/aromatic N) is 4. The highest BCUT2D eigenvalue weighted by atomic mass is 16.6. The van der Waals surface area contributed by atoms with Gasteiger partial charge in [-0.25, -0.2) is 9.97 Å². The lowest BCUT2D eigenvalue weighted by Crippen LogP contribution is -2.29. The lowest BCUT2D eigenvalue weighted by atomic mass is 10.1. The lowest BCUT2D eigenvalue weighted by molar-refractivity contribution is -0.384. The Kier molecular flexibility index (Phi) is 4.35. The molecule has 0 atom stereocenters. The van der Waals surface area contributed by atoms with E-state index in [1.165, 1.54) is 43.4 Å². The van der Waals surface area contributed by atoms with Crippen molar-refractivity contribution in [1.82, 2.24) is 9.97 Å². The normalized spacial score (nSPS) is 14.4. The molecular weight excluding hydrogens is 330 g/mol. The minimum atomic E-state index is -0.413. The average Bonchev–Trinajstić information content (AvgIpc) is 2.69. The van der Waals surface area contributed by atoms with Gasteiger partial charge in [0, 0.05) is 42.0 Å². The highest BCUT2D eigenvalue weighted by Crippen LogP contribution is 2.28. The molecule has 1 N–H and O–H groups in total. The van der Waals surface area contributed by atoms with Crippen LogP contribution in [-0.4, -0.2) is 28.0 Å². The number of nitro benzene ring substituents is 1. The van der Waals surface area contributed by atoms with E-state index < -0.39 is 4.92 Å². The van der Waals surface area contributed by atoms with Gasteiger partial charge < -0.3 is 10.2 Å². The molecule has 2 aromatic carbocycles. The standard InChI is InChI=1S/C19H19N5O2/c25-24(26)16-8-9-18-17(12-16)19(21-13-20-18)22-14-4-6-15(7-5-14)23-10-2-1-3-11-23/h4-9,12-13H,1-3,10-11H2,(H,20,21,22). The Morgan fingerprint density at radius 1 is 1.00 bits per heavy atom. The van der Waals surface area contributed by atoms with Crippen molar-refractivity contribution in [3.05, 3.63) is 58.9 Å². The minimum Gasteiger partial charge on any atom is -0.372 e. The van der Waals surface area contributed by atoms with Crippen molar-refractivity contribution in [3.63, 3.8) is 0 Å². The molecule has 26 heavy (non-hydrogen) atoms. The first-order valence-corrected chi connectivity index (χ1v) is 8.72. The number of benzene rings is 2. The average molecular weight is 349 g/mol. The fourth-order valence-corrected chi connectivity index (χ4v) is 3.30. The largest absolute Gasteiger partial charge is 0.372 e. The monoisotopic (exact) mass is 349 g/mol. The fraction of sp³-hybridized carbons (Fsp3) is 0.263. The van der Waals surface area contributed by atoms with E-state index in [-0.39, 0.29) is 5.69 Å². The van der Waals surface area contributed by atoms with Crippen molar-refractivity contribution < 1.29 is 4.92 Å². The first-order chi connectivity index (χ1) is 12.7. The maximum atomic E-state index is 11.0. The van der Waals surface area contributed by atoms with Crippen molar-refractivity contribution in [2.45, 2.75) is 19.3 Å². The molecule has 0 radical (unpaired) electrons. The summed E-state index contributed by atoms with van der Waals surface area (Å²) in [6.07, 6.45) is 5.25. The summed E-state index contributed by atoms with van der Waals surface area (Å²) >= 11 is 0. The van der Waals surface area contributed by atoms with Crippen LogP contribution in [0.15, 0.2) is 48.8 Å². The van der Waals surface area contributed by atoms with Crippen LogP contribution in [0.4, 0.5) is 22.9 Å². The van der Waals surface area contributed by atoms with Crippen molar-refractivity contribution in [1.29, 1.82) is 0 Å². The number of rotatable bonds is 4. The smallest absolute Gasteiger partial charge is 0.270 e. The van der Waals surface area contributed by atoms with E-state index >= 15 is 0 Å². The van der Waals surface area contributed by atoms with Gasteiger partial charge in [0.1, 0.15) is 12.1 Å². The van der Waals surface area contributed by atoms with Gasteiger partial charge in [-0.15, -0.1) is 0 Å². The fourth-order valence-electron chi connectivity index (χ4n) is 3.30. The van der Waals surface area contributed by atoms with Crippen LogP contribution in [-0.2, 0) is 0 Å². The molecule has 1 aromatic heterocycles. The molecule has 7 nitrogen and oxygen atoms in total. The Bertz CT molecular complexity index is 936. The van der Waals surface area contributed by atoms with Gasteiger partial charge >= 0.3 is 0 Å². The number of hydrogen-bond donors (Lipinski definition) is 1. The van der Waals surface area contributed by atoms with Gasteiger partial charge in [-0.2, -0.15) is 0 Å². The summed E-state index contributed by atoms with van der Waals surface area (Å²) in [5.41, 5.74) is 2.80. The second-order valence-electron chi connectivity index (χ2n) is 6.40. The highest BCUT2D eigenvalue weighted by Gasteiger charge is 2.12. The number of anilines is 3. The number of piperidine rings is 1. The predicted octanol–water partition coefficient (Wildman–Crippen LogP) is 4.27. The molecule has 3 aromatic rings. The molecule has 0 saturated carbocycles. The maximum Gasteiger partial charge on any atom is 0.270 e. The molecule has 0 spiro atoms. The number of nitrogens with one attached hydrogen (secondary N) is 1.